The second-order valence-electron chi connectivity index (χ2n) is 4.62. The van der Waals surface area contributed by atoms with Crippen LogP contribution in [0.5, 0.6) is 0 Å². The summed E-state index contributed by atoms with van der Waals surface area (Å²) in [7, 11) is 0. The number of rotatable bonds is 3. The summed E-state index contributed by atoms with van der Waals surface area (Å²) in [6, 6.07) is 7.05. The van der Waals surface area contributed by atoms with Gasteiger partial charge in [0.05, 0.1) is 0 Å². The summed E-state index contributed by atoms with van der Waals surface area (Å²) in [6.07, 6.45) is 1.71. The highest BCUT2D eigenvalue weighted by atomic mass is 16.5. The molecule has 0 atom stereocenters. The Kier molecular flexibility index (Phi) is 4.52. The van der Waals surface area contributed by atoms with Gasteiger partial charge >= 0.3 is 0 Å². The molecule has 19 heavy (non-hydrogen) atoms. The standard InChI is InChI=1S/C14H18N2O3/c1-10(17)15-12-4-2-11(3-5-12)14(18)16-13-6-8-19-9-7-13/h2-5,13H,6-9H2,1H3,(H,15,17)(H,16,18). The van der Waals surface area contributed by atoms with E-state index in [0.29, 0.717) is 24.5 Å². The highest BCUT2D eigenvalue weighted by Gasteiger charge is 2.16. The Morgan fingerprint density at radius 2 is 1.79 bits per heavy atom. The molecule has 0 unspecified atom stereocenters. The Hall–Kier alpha value is -1.88. The van der Waals surface area contributed by atoms with Crippen molar-refractivity contribution >= 4 is 17.5 Å². The van der Waals surface area contributed by atoms with Crippen molar-refractivity contribution < 1.29 is 14.3 Å². The summed E-state index contributed by atoms with van der Waals surface area (Å²) < 4.78 is 5.25. The van der Waals surface area contributed by atoms with Crippen molar-refractivity contribution in [3.8, 4) is 0 Å². The van der Waals surface area contributed by atoms with Crippen LogP contribution in [0.2, 0.25) is 0 Å². The first kappa shape index (κ1) is 13.5. The van der Waals surface area contributed by atoms with Gasteiger partial charge in [-0.25, -0.2) is 0 Å². The molecule has 0 bridgehead atoms. The van der Waals surface area contributed by atoms with Gasteiger partial charge in [0.25, 0.3) is 5.91 Å². The maximum Gasteiger partial charge on any atom is 0.251 e. The van der Waals surface area contributed by atoms with Crippen LogP contribution in [0.3, 0.4) is 0 Å². The van der Waals surface area contributed by atoms with Crippen LogP contribution in [-0.4, -0.2) is 31.1 Å². The molecule has 5 nitrogen and oxygen atoms in total. The predicted octanol–water partition coefficient (Wildman–Crippen LogP) is 1.55. The van der Waals surface area contributed by atoms with E-state index in [4.69, 9.17) is 4.74 Å². The van der Waals surface area contributed by atoms with Crippen molar-refractivity contribution in [3.63, 3.8) is 0 Å². The largest absolute Gasteiger partial charge is 0.381 e. The van der Waals surface area contributed by atoms with Crippen LogP contribution in [0.15, 0.2) is 24.3 Å². The monoisotopic (exact) mass is 262 g/mol. The molecule has 2 rings (SSSR count). The summed E-state index contributed by atoms with van der Waals surface area (Å²) in [6.45, 7) is 2.85. The van der Waals surface area contributed by atoms with Gasteiger partial charge in [-0.3, -0.25) is 9.59 Å². The molecule has 102 valence electrons. The molecule has 2 N–H and O–H groups in total. The first-order valence-electron chi connectivity index (χ1n) is 6.41. The molecule has 1 saturated heterocycles. The van der Waals surface area contributed by atoms with Gasteiger partial charge in [0.1, 0.15) is 0 Å². The lowest BCUT2D eigenvalue weighted by molar-refractivity contribution is -0.114. The topological polar surface area (TPSA) is 67.4 Å². The lowest BCUT2D eigenvalue weighted by Gasteiger charge is -2.23. The maximum absolute atomic E-state index is 12.0. The van der Waals surface area contributed by atoms with E-state index in [9.17, 15) is 9.59 Å². The minimum absolute atomic E-state index is 0.0822. The number of ether oxygens (including phenoxy) is 1. The van der Waals surface area contributed by atoms with E-state index in [1.165, 1.54) is 6.92 Å². The highest BCUT2D eigenvalue weighted by molar-refractivity contribution is 5.95. The Balaban J connectivity index is 1.93. The maximum atomic E-state index is 12.0. The van der Waals surface area contributed by atoms with Gasteiger partial charge in [0, 0.05) is 37.4 Å². The number of hydrogen-bond donors (Lipinski definition) is 2. The lowest BCUT2D eigenvalue weighted by Crippen LogP contribution is -2.38. The van der Waals surface area contributed by atoms with E-state index >= 15 is 0 Å². The van der Waals surface area contributed by atoms with Crippen molar-refractivity contribution in [2.75, 3.05) is 18.5 Å². The number of hydrogen-bond acceptors (Lipinski definition) is 3. The zero-order valence-corrected chi connectivity index (χ0v) is 10.9. The number of amides is 2. The molecular weight excluding hydrogens is 244 g/mol. The van der Waals surface area contributed by atoms with E-state index in [-0.39, 0.29) is 17.9 Å². The quantitative estimate of drug-likeness (QED) is 0.868. The van der Waals surface area contributed by atoms with Crippen LogP contribution in [0.25, 0.3) is 0 Å². The highest BCUT2D eigenvalue weighted by Crippen LogP contribution is 2.11. The van der Waals surface area contributed by atoms with Crippen molar-refractivity contribution in [2.45, 2.75) is 25.8 Å². The van der Waals surface area contributed by atoms with Crippen molar-refractivity contribution in [1.82, 2.24) is 5.32 Å². The Morgan fingerprint density at radius 1 is 1.16 bits per heavy atom. The van der Waals surface area contributed by atoms with Gasteiger partial charge in [0.2, 0.25) is 5.91 Å². The molecule has 1 aliphatic rings. The first-order chi connectivity index (χ1) is 9.15. The van der Waals surface area contributed by atoms with Crippen molar-refractivity contribution in [3.05, 3.63) is 29.8 Å². The van der Waals surface area contributed by atoms with Crippen molar-refractivity contribution in [1.29, 1.82) is 0 Å². The summed E-state index contributed by atoms with van der Waals surface area (Å²) in [5, 5.41) is 5.65. The molecule has 0 radical (unpaired) electrons. The average molecular weight is 262 g/mol. The minimum atomic E-state index is -0.126. The van der Waals surface area contributed by atoms with Crippen LogP contribution >= 0.6 is 0 Å². The average Bonchev–Trinajstić information content (AvgIpc) is 2.40. The van der Waals surface area contributed by atoms with Gasteiger partial charge < -0.3 is 15.4 Å². The first-order valence-corrected chi connectivity index (χ1v) is 6.41. The fourth-order valence-electron chi connectivity index (χ4n) is 2.02. The molecule has 5 heteroatoms. The molecule has 0 spiro atoms. The van der Waals surface area contributed by atoms with Gasteiger partial charge in [-0.1, -0.05) is 0 Å². The van der Waals surface area contributed by atoms with Gasteiger partial charge in [-0.2, -0.15) is 0 Å². The van der Waals surface area contributed by atoms with Crippen LogP contribution in [0, 0.1) is 0 Å². The third kappa shape index (κ3) is 4.06. The fraction of sp³-hybridized carbons (Fsp3) is 0.429. The van der Waals surface area contributed by atoms with E-state index in [1.54, 1.807) is 24.3 Å². The molecule has 1 fully saturated rings. The van der Waals surface area contributed by atoms with E-state index < -0.39 is 0 Å². The second-order valence-corrected chi connectivity index (χ2v) is 4.62. The zero-order valence-electron chi connectivity index (χ0n) is 10.9. The molecular formula is C14H18N2O3. The summed E-state index contributed by atoms with van der Waals surface area (Å²) in [5.74, 6) is -0.208. The third-order valence-electron chi connectivity index (χ3n) is 3.02. The number of carbonyl (C=O) groups is 2. The molecule has 1 aliphatic heterocycles. The van der Waals surface area contributed by atoms with E-state index in [1.807, 2.05) is 0 Å². The molecule has 0 saturated carbocycles. The van der Waals surface area contributed by atoms with Crippen LogP contribution < -0.4 is 10.6 Å². The molecule has 1 aromatic carbocycles. The number of nitrogens with one attached hydrogen (secondary N) is 2. The van der Waals surface area contributed by atoms with E-state index in [2.05, 4.69) is 10.6 Å². The van der Waals surface area contributed by atoms with Crippen LogP contribution in [0.4, 0.5) is 5.69 Å². The SMILES string of the molecule is CC(=O)Nc1ccc(C(=O)NC2CCOCC2)cc1. The molecule has 0 aromatic heterocycles. The second kappa shape index (κ2) is 6.33. The molecule has 2 amide bonds. The van der Waals surface area contributed by atoms with Crippen LogP contribution in [-0.2, 0) is 9.53 Å². The van der Waals surface area contributed by atoms with Crippen molar-refractivity contribution in [2.24, 2.45) is 0 Å². The minimum Gasteiger partial charge on any atom is -0.381 e. The normalized spacial score (nSPS) is 15.8. The molecule has 1 heterocycles. The summed E-state index contributed by atoms with van der Waals surface area (Å²) >= 11 is 0. The van der Waals surface area contributed by atoms with Crippen LogP contribution in [0.1, 0.15) is 30.1 Å². The fourth-order valence-corrected chi connectivity index (χ4v) is 2.02. The van der Waals surface area contributed by atoms with Gasteiger partial charge in [0.15, 0.2) is 0 Å². The Labute approximate surface area is 112 Å². The van der Waals surface area contributed by atoms with E-state index in [0.717, 1.165) is 12.8 Å². The number of carbonyl (C=O) groups excluding carboxylic acids is 2. The lowest BCUT2D eigenvalue weighted by atomic mass is 10.1. The zero-order chi connectivity index (χ0) is 13.7. The Morgan fingerprint density at radius 3 is 2.37 bits per heavy atom. The summed E-state index contributed by atoms with van der Waals surface area (Å²) in [4.78, 5) is 22.9. The summed E-state index contributed by atoms with van der Waals surface area (Å²) in [5.41, 5.74) is 1.29. The predicted molar refractivity (Wildman–Crippen MR) is 72.1 cm³/mol. The number of benzene rings is 1. The molecule has 0 aliphatic carbocycles. The number of anilines is 1. The molecule has 1 aromatic rings. The van der Waals surface area contributed by atoms with Gasteiger partial charge in [-0.15, -0.1) is 0 Å². The van der Waals surface area contributed by atoms with Gasteiger partial charge in [-0.05, 0) is 37.1 Å². The Bertz CT molecular complexity index is 450. The third-order valence-corrected chi connectivity index (χ3v) is 3.02. The smallest absolute Gasteiger partial charge is 0.251 e.